The Balaban J connectivity index is 2.32. The van der Waals surface area contributed by atoms with Crippen LogP contribution in [0.15, 0.2) is 23.8 Å². The second kappa shape index (κ2) is 4.37. The van der Waals surface area contributed by atoms with E-state index in [1.165, 1.54) is 0 Å². The van der Waals surface area contributed by atoms with Gasteiger partial charge in [-0.1, -0.05) is 43.1 Å². The Morgan fingerprint density at radius 1 is 1.47 bits per heavy atom. The molecular formula is C14H13Cl2N. The van der Waals surface area contributed by atoms with Gasteiger partial charge in [-0.05, 0) is 41.5 Å². The Morgan fingerprint density at radius 3 is 2.59 bits per heavy atom. The van der Waals surface area contributed by atoms with E-state index in [1.807, 2.05) is 12.1 Å². The van der Waals surface area contributed by atoms with Crippen LogP contribution in [-0.2, 0) is 0 Å². The van der Waals surface area contributed by atoms with Crippen LogP contribution in [0.2, 0.25) is 10.0 Å². The standard InChI is InChI=1S/C14H13Cl2N/c1-14(2)7-12(14)10(8-17)5-9-3-4-11(15)6-13(9)16/h3-6,12H,7H2,1-2H3/b10-5-. The van der Waals surface area contributed by atoms with Crippen LogP contribution in [0, 0.1) is 22.7 Å². The van der Waals surface area contributed by atoms with Gasteiger partial charge in [-0.25, -0.2) is 0 Å². The Bertz CT molecular complexity index is 524. The summed E-state index contributed by atoms with van der Waals surface area (Å²) in [6, 6.07) is 7.60. The molecule has 0 aromatic heterocycles. The van der Waals surface area contributed by atoms with Crippen molar-refractivity contribution in [2.45, 2.75) is 20.3 Å². The fourth-order valence-corrected chi connectivity index (χ4v) is 2.46. The lowest BCUT2D eigenvalue weighted by molar-refractivity contribution is 0.604. The van der Waals surface area contributed by atoms with E-state index in [0.717, 1.165) is 17.6 Å². The Kier molecular flexibility index (Phi) is 3.21. The molecule has 1 unspecified atom stereocenters. The van der Waals surface area contributed by atoms with E-state index in [4.69, 9.17) is 23.2 Å². The van der Waals surface area contributed by atoms with Gasteiger partial charge in [-0.3, -0.25) is 0 Å². The molecule has 0 amide bonds. The van der Waals surface area contributed by atoms with Gasteiger partial charge >= 0.3 is 0 Å². The third-order valence-corrected chi connectivity index (χ3v) is 3.85. The molecule has 1 nitrogen and oxygen atoms in total. The predicted octanol–water partition coefficient (Wildman–Crippen LogP) is 4.95. The highest BCUT2D eigenvalue weighted by Crippen LogP contribution is 2.55. The molecule has 0 heterocycles. The van der Waals surface area contributed by atoms with Crippen molar-refractivity contribution < 1.29 is 0 Å². The van der Waals surface area contributed by atoms with Gasteiger partial charge in [0.15, 0.2) is 0 Å². The van der Waals surface area contributed by atoms with Gasteiger partial charge in [-0.2, -0.15) is 5.26 Å². The first kappa shape index (κ1) is 12.5. The van der Waals surface area contributed by atoms with Gasteiger partial charge < -0.3 is 0 Å². The minimum absolute atomic E-state index is 0.250. The summed E-state index contributed by atoms with van der Waals surface area (Å²) in [4.78, 5) is 0. The zero-order chi connectivity index (χ0) is 12.6. The van der Waals surface area contributed by atoms with E-state index in [-0.39, 0.29) is 5.41 Å². The average Bonchev–Trinajstić information content (AvgIpc) is 2.86. The quantitative estimate of drug-likeness (QED) is 0.695. The van der Waals surface area contributed by atoms with Crippen LogP contribution in [0.4, 0.5) is 0 Å². The molecule has 1 aliphatic rings. The fraction of sp³-hybridized carbons (Fsp3) is 0.357. The lowest BCUT2D eigenvalue weighted by Crippen LogP contribution is -1.93. The van der Waals surface area contributed by atoms with Crippen LogP contribution in [0.3, 0.4) is 0 Å². The lowest BCUT2D eigenvalue weighted by Gasteiger charge is -2.03. The maximum Gasteiger partial charge on any atom is 0.0950 e. The van der Waals surface area contributed by atoms with Gasteiger partial charge in [0.25, 0.3) is 0 Å². The molecule has 0 bridgehead atoms. The molecule has 1 aliphatic carbocycles. The monoisotopic (exact) mass is 265 g/mol. The molecule has 1 aromatic carbocycles. The molecule has 0 N–H and O–H groups in total. The number of hydrogen-bond donors (Lipinski definition) is 0. The van der Waals surface area contributed by atoms with Crippen molar-refractivity contribution in [3.8, 4) is 6.07 Å². The average molecular weight is 266 g/mol. The maximum atomic E-state index is 9.19. The van der Waals surface area contributed by atoms with Crippen LogP contribution in [0.25, 0.3) is 6.08 Å². The van der Waals surface area contributed by atoms with E-state index in [2.05, 4.69) is 19.9 Å². The van der Waals surface area contributed by atoms with E-state index >= 15 is 0 Å². The molecule has 2 rings (SSSR count). The first-order valence-electron chi connectivity index (χ1n) is 5.51. The highest BCUT2D eigenvalue weighted by molar-refractivity contribution is 6.35. The smallest absolute Gasteiger partial charge is 0.0950 e. The maximum absolute atomic E-state index is 9.19. The van der Waals surface area contributed by atoms with E-state index < -0.39 is 0 Å². The second-order valence-electron chi connectivity index (χ2n) is 5.12. The molecule has 1 aromatic rings. The van der Waals surface area contributed by atoms with Gasteiger partial charge in [0, 0.05) is 15.6 Å². The molecule has 1 saturated carbocycles. The normalized spacial score (nSPS) is 22.1. The van der Waals surface area contributed by atoms with Gasteiger partial charge in [0.1, 0.15) is 0 Å². The molecule has 0 saturated heterocycles. The molecule has 3 heteroatoms. The summed E-state index contributed by atoms with van der Waals surface area (Å²) < 4.78 is 0. The topological polar surface area (TPSA) is 23.8 Å². The predicted molar refractivity (Wildman–Crippen MR) is 71.9 cm³/mol. The Morgan fingerprint density at radius 2 is 2.12 bits per heavy atom. The number of benzene rings is 1. The van der Waals surface area contributed by atoms with E-state index in [9.17, 15) is 5.26 Å². The van der Waals surface area contributed by atoms with Crippen molar-refractivity contribution in [2.24, 2.45) is 11.3 Å². The van der Waals surface area contributed by atoms with Crippen molar-refractivity contribution in [1.29, 1.82) is 5.26 Å². The van der Waals surface area contributed by atoms with Crippen LogP contribution >= 0.6 is 23.2 Å². The molecular weight excluding hydrogens is 253 g/mol. The number of nitriles is 1. The van der Waals surface area contributed by atoms with Crippen LogP contribution in [0.1, 0.15) is 25.8 Å². The largest absolute Gasteiger partial charge is 0.193 e. The summed E-state index contributed by atoms with van der Waals surface area (Å²) in [5.74, 6) is 0.360. The number of rotatable bonds is 2. The molecule has 0 aliphatic heterocycles. The SMILES string of the molecule is CC1(C)CC1/C(C#N)=C\c1ccc(Cl)cc1Cl. The van der Waals surface area contributed by atoms with Crippen LogP contribution in [-0.4, -0.2) is 0 Å². The third-order valence-electron chi connectivity index (χ3n) is 3.29. The lowest BCUT2D eigenvalue weighted by atomic mass is 10.0. The Hall–Kier alpha value is -0.970. The zero-order valence-electron chi connectivity index (χ0n) is 9.80. The molecule has 88 valence electrons. The van der Waals surface area contributed by atoms with Crippen molar-refractivity contribution in [3.05, 3.63) is 39.4 Å². The first-order chi connectivity index (χ1) is 7.94. The first-order valence-corrected chi connectivity index (χ1v) is 6.26. The number of nitrogens with zero attached hydrogens (tertiary/aromatic N) is 1. The molecule has 1 fully saturated rings. The van der Waals surface area contributed by atoms with Crippen molar-refractivity contribution in [3.63, 3.8) is 0 Å². The summed E-state index contributed by atoms with van der Waals surface area (Å²) in [6.07, 6.45) is 2.94. The number of halogens is 2. The second-order valence-corrected chi connectivity index (χ2v) is 5.97. The summed E-state index contributed by atoms with van der Waals surface area (Å²) in [5, 5.41) is 10.4. The van der Waals surface area contributed by atoms with Crippen molar-refractivity contribution in [1.82, 2.24) is 0 Å². The zero-order valence-corrected chi connectivity index (χ0v) is 11.3. The van der Waals surface area contributed by atoms with E-state index in [0.29, 0.717) is 16.0 Å². The van der Waals surface area contributed by atoms with Gasteiger partial charge in [0.05, 0.1) is 6.07 Å². The number of hydrogen-bond acceptors (Lipinski definition) is 1. The van der Waals surface area contributed by atoms with Crippen LogP contribution in [0.5, 0.6) is 0 Å². The summed E-state index contributed by atoms with van der Waals surface area (Å²) >= 11 is 11.9. The minimum atomic E-state index is 0.250. The highest BCUT2D eigenvalue weighted by atomic mass is 35.5. The van der Waals surface area contributed by atoms with Crippen molar-refractivity contribution >= 4 is 29.3 Å². The van der Waals surface area contributed by atoms with Gasteiger partial charge in [0.2, 0.25) is 0 Å². The number of allylic oxidation sites excluding steroid dienone is 1. The van der Waals surface area contributed by atoms with Crippen LogP contribution < -0.4 is 0 Å². The van der Waals surface area contributed by atoms with E-state index in [1.54, 1.807) is 12.1 Å². The molecule has 1 atom stereocenters. The molecule has 0 radical (unpaired) electrons. The summed E-state index contributed by atoms with van der Waals surface area (Å²) in [7, 11) is 0. The fourth-order valence-electron chi connectivity index (χ4n) is 1.99. The summed E-state index contributed by atoms with van der Waals surface area (Å²) in [6.45, 7) is 4.35. The summed E-state index contributed by atoms with van der Waals surface area (Å²) in [5.41, 5.74) is 1.91. The highest BCUT2D eigenvalue weighted by Gasteiger charge is 2.47. The Labute approximate surface area is 112 Å². The molecule has 0 spiro atoms. The van der Waals surface area contributed by atoms with Crippen molar-refractivity contribution in [2.75, 3.05) is 0 Å². The van der Waals surface area contributed by atoms with Gasteiger partial charge in [-0.15, -0.1) is 0 Å². The third kappa shape index (κ3) is 2.65. The molecule has 17 heavy (non-hydrogen) atoms. The minimum Gasteiger partial charge on any atom is -0.193 e.